The lowest BCUT2D eigenvalue weighted by Crippen LogP contribution is -2.28. The van der Waals surface area contributed by atoms with Crippen LogP contribution in [0.1, 0.15) is 74.1 Å². The van der Waals surface area contributed by atoms with Crippen molar-refractivity contribution in [3.05, 3.63) is 0 Å². The molecule has 0 aromatic heterocycles. The Balaban J connectivity index is -0.000000410. The molecule has 0 radical (unpaired) electrons. The number of aldehydes is 1. The fourth-order valence-electron chi connectivity index (χ4n) is 1.87. The molecule has 0 spiro atoms. The van der Waals surface area contributed by atoms with Crippen molar-refractivity contribution >= 4 is 6.29 Å². The first-order valence-corrected chi connectivity index (χ1v) is 9.39. The van der Waals surface area contributed by atoms with Crippen LogP contribution in [0.25, 0.3) is 0 Å². The van der Waals surface area contributed by atoms with E-state index in [-0.39, 0.29) is 10.8 Å². The predicted octanol–water partition coefficient (Wildman–Crippen LogP) is 4.71. The molecule has 4 nitrogen and oxygen atoms in total. The smallest absolute Gasteiger partial charge is 0.120 e. The van der Waals surface area contributed by atoms with Crippen LogP contribution in [0.5, 0.6) is 0 Å². The first-order chi connectivity index (χ1) is 11.2. The molecule has 0 aliphatic carbocycles. The van der Waals surface area contributed by atoms with Crippen molar-refractivity contribution in [2.75, 3.05) is 40.5 Å². The van der Waals surface area contributed by atoms with Gasteiger partial charge in [-0.05, 0) is 25.4 Å². The Kier molecular flexibility index (Phi) is 22.3. The van der Waals surface area contributed by atoms with Crippen molar-refractivity contribution in [2.45, 2.75) is 74.1 Å². The van der Waals surface area contributed by atoms with Crippen molar-refractivity contribution in [2.24, 2.45) is 10.8 Å². The van der Waals surface area contributed by atoms with Gasteiger partial charge in [-0.3, -0.25) is 0 Å². The summed E-state index contributed by atoms with van der Waals surface area (Å²) < 4.78 is 10.7. The molecular formula is C20H45NO3. The molecule has 0 rings (SSSR count). The molecule has 0 aliphatic heterocycles. The quantitative estimate of drug-likeness (QED) is 0.410. The number of carbonyl (C=O) groups excluding carboxylic acids is 1. The zero-order chi connectivity index (χ0) is 19.5. The molecule has 0 aliphatic rings. The lowest BCUT2D eigenvalue weighted by atomic mass is 9.91. The highest BCUT2D eigenvalue weighted by Crippen LogP contribution is 2.21. The highest BCUT2D eigenvalue weighted by molar-refractivity contribution is 5.50. The first-order valence-electron chi connectivity index (χ1n) is 9.39. The van der Waals surface area contributed by atoms with Crippen molar-refractivity contribution in [3.8, 4) is 0 Å². The first kappa shape index (κ1) is 28.4. The topological polar surface area (TPSA) is 47.6 Å². The predicted molar refractivity (Wildman–Crippen MR) is 106 cm³/mol. The second kappa shape index (κ2) is 18.9. The Bertz CT molecular complexity index is 249. The summed E-state index contributed by atoms with van der Waals surface area (Å²) in [6.45, 7) is 17.6. The number of ether oxygens (including phenoxy) is 2. The maximum absolute atomic E-state index is 10.4. The van der Waals surface area contributed by atoms with E-state index >= 15 is 0 Å². The lowest BCUT2D eigenvalue weighted by molar-refractivity contribution is -0.110. The van der Waals surface area contributed by atoms with Gasteiger partial charge >= 0.3 is 0 Å². The Labute approximate surface area is 152 Å². The molecule has 0 unspecified atom stereocenters. The lowest BCUT2D eigenvalue weighted by Gasteiger charge is -2.27. The fourth-order valence-corrected chi connectivity index (χ4v) is 1.87. The van der Waals surface area contributed by atoms with E-state index in [0.29, 0.717) is 26.2 Å². The van der Waals surface area contributed by atoms with Gasteiger partial charge in [0.2, 0.25) is 0 Å². The largest absolute Gasteiger partial charge is 0.384 e. The molecule has 0 aromatic carbocycles. The standard InChI is InChI=1S/C12H24O3.C6H15N.C2H6/c1-11(2,6-7-13)9-15-10-12(3,4)8-14-5;1-3-4-5-6-7-2;1-2/h7H,6,8-10H2,1-5H3;7H,3-6H2,1-2H3;1-2H3. The summed E-state index contributed by atoms with van der Waals surface area (Å²) in [6.07, 6.45) is 5.50. The van der Waals surface area contributed by atoms with Gasteiger partial charge in [-0.1, -0.05) is 61.3 Å². The van der Waals surface area contributed by atoms with E-state index in [1.54, 1.807) is 7.11 Å². The van der Waals surface area contributed by atoms with E-state index in [9.17, 15) is 4.79 Å². The van der Waals surface area contributed by atoms with E-state index in [0.717, 1.165) is 6.29 Å². The van der Waals surface area contributed by atoms with Gasteiger partial charge in [0.25, 0.3) is 0 Å². The van der Waals surface area contributed by atoms with Crippen molar-refractivity contribution in [1.82, 2.24) is 5.32 Å². The van der Waals surface area contributed by atoms with Crippen LogP contribution in [0.3, 0.4) is 0 Å². The van der Waals surface area contributed by atoms with Crippen LogP contribution in [0.4, 0.5) is 0 Å². The molecular weight excluding hydrogens is 302 g/mol. The van der Waals surface area contributed by atoms with Gasteiger partial charge in [0.1, 0.15) is 6.29 Å². The zero-order valence-electron chi connectivity index (χ0n) is 18.0. The van der Waals surface area contributed by atoms with Gasteiger partial charge in [0.15, 0.2) is 0 Å². The minimum Gasteiger partial charge on any atom is -0.384 e. The van der Waals surface area contributed by atoms with E-state index < -0.39 is 0 Å². The summed E-state index contributed by atoms with van der Waals surface area (Å²) in [4.78, 5) is 10.4. The Morgan fingerprint density at radius 2 is 1.50 bits per heavy atom. The molecule has 148 valence electrons. The summed E-state index contributed by atoms with van der Waals surface area (Å²) in [5.41, 5.74) is -0.0308. The summed E-state index contributed by atoms with van der Waals surface area (Å²) >= 11 is 0. The monoisotopic (exact) mass is 347 g/mol. The summed E-state index contributed by atoms with van der Waals surface area (Å²) in [7, 11) is 3.69. The van der Waals surface area contributed by atoms with E-state index in [4.69, 9.17) is 9.47 Å². The fraction of sp³-hybridized carbons (Fsp3) is 0.950. The summed E-state index contributed by atoms with van der Waals surface area (Å²) in [6, 6.07) is 0. The van der Waals surface area contributed by atoms with E-state index in [2.05, 4.69) is 26.1 Å². The molecule has 0 bridgehead atoms. The average molecular weight is 348 g/mol. The van der Waals surface area contributed by atoms with Crippen LogP contribution < -0.4 is 5.32 Å². The number of unbranched alkanes of at least 4 members (excludes halogenated alkanes) is 2. The third-order valence-electron chi connectivity index (χ3n) is 3.19. The number of rotatable bonds is 12. The molecule has 0 fully saturated rings. The number of carbonyl (C=O) groups is 1. The molecule has 4 heteroatoms. The zero-order valence-corrected chi connectivity index (χ0v) is 18.0. The number of hydrogen-bond acceptors (Lipinski definition) is 4. The van der Waals surface area contributed by atoms with E-state index in [1.807, 2.05) is 34.7 Å². The average Bonchev–Trinajstić information content (AvgIpc) is 2.50. The summed E-state index contributed by atoms with van der Waals surface area (Å²) in [5, 5.41) is 3.10. The maximum atomic E-state index is 10.4. The second-order valence-electron chi connectivity index (χ2n) is 7.44. The van der Waals surface area contributed by atoms with Gasteiger partial charge in [0, 0.05) is 18.9 Å². The van der Waals surface area contributed by atoms with Gasteiger partial charge < -0.3 is 19.6 Å². The van der Waals surface area contributed by atoms with Crippen LogP contribution in [0, 0.1) is 10.8 Å². The minimum atomic E-state index is -0.0646. The van der Waals surface area contributed by atoms with Crippen LogP contribution in [-0.4, -0.2) is 46.8 Å². The van der Waals surface area contributed by atoms with Gasteiger partial charge in [-0.25, -0.2) is 0 Å². The Morgan fingerprint density at radius 3 is 1.92 bits per heavy atom. The third kappa shape index (κ3) is 23.8. The minimum absolute atomic E-state index is 0.0337. The van der Waals surface area contributed by atoms with E-state index in [1.165, 1.54) is 25.8 Å². The van der Waals surface area contributed by atoms with Crippen molar-refractivity contribution in [3.63, 3.8) is 0 Å². The number of methoxy groups -OCH3 is 1. The third-order valence-corrected chi connectivity index (χ3v) is 3.19. The molecule has 0 saturated carbocycles. The molecule has 0 atom stereocenters. The van der Waals surface area contributed by atoms with Crippen LogP contribution in [0.15, 0.2) is 0 Å². The highest BCUT2D eigenvalue weighted by atomic mass is 16.5. The van der Waals surface area contributed by atoms with Crippen molar-refractivity contribution < 1.29 is 14.3 Å². The SMILES string of the molecule is CC.CCCCCNC.COCC(C)(C)COCC(C)(C)CC=O. The molecule has 0 aromatic rings. The maximum Gasteiger partial charge on any atom is 0.120 e. The Hall–Kier alpha value is -0.450. The molecule has 0 saturated heterocycles. The van der Waals surface area contributed by atoms with Crippen LogP contribution in [0.2, 0.25) is 0 Å². The molecule has 24 heavy (non-hydrogen) atoms. The van der Waals surface area contributed by atoms with Gasteiger partial charge in [-0.15, -0.1) is 0 Å². The number of hydrogen-bond donors (Lipinski definition) is 1. The van der Waals surface area contributed by atoms with Crippen LogP contribution in [-0.2, 0) is 14.3 Å². The van der Waals surface area contributed by atoms with Gasteiger partial charge in [-0.2, -0.15) is 0 Å². The molecule has 0 amide bonds. The number of nitrogens with one attached hydrogen (secondary N) is 1. The second-order valence-corrected chi connectivity index (χ2v) is 7.44. The highest BCUT2D eigenvalue weighted by Gasteiger charge is 2.22. The normalized spacial score (nSPS) is 11.0. The summed E-state index contributed by atoms with van der Waals surface area (Å²) in [5.74, 6) is 0. The van der Waals surface area contributed by atoms with Crippen molar-refractivity contribution in [1.29, 1.82) is 0 Å². The van der Waals surface area contributed by atoms with Crippen LogP contribution >= 0.6 is 0 Å². The molecule has 1 N–H and O–H groups in total. The Morgan fingerprint density at radius 1 is 0.958 bits per heavy atom. The molecule has 0 heterocycles. The van der Waals surface area contributed by atoms with Gasteiger partial charge in [0.05, 0.1) is 19.8 Å².